The van der Waals surface area contributed by atoms with Crippen LogP contribution in [-0.2, 0) is 11.3 Å². The summed E-state index contributed by atoms with van der Waals surface area (Å²) < 4.78 is 7.04. The molecule has 0 saturated heterocycles. The van der Waals surface area contributed by atoms with Gasteiger partial charge >= 0.3 is 0 Å². The van der Waals surface area contributed by atoms with Crippen LogP contribution >= 0.6 is 0 Å². The van der Waals surface area contributed by atoms with Crippen molar-refractivity contribution in [3.8, 4) is 5.75 Å². The molecule has 0 unspecified atom stereocenters. The van der Waals surface area contributed by atoms with E-state index in [-0.39, 0.29) is 24.4 Å². The summed E-state index contributed by atoms with van der Waals surface area (Å²) in [6.07, 6.45) is 2.60. The third kappa shape index (κ3) is 4.53. The predicted octanol–water partition coefficient (Wildman–Crippen LogP) is 3.52. The zero-order chi connectivity index (χ0) is 19.2. The van der Waals surface area contributed by atoms with Gasteiger partial charge in [-0.3, -0.25) is 14.2 Å². The van der Waals surface area contributed by atoms with E-state index in [0.29, 0.717) is 23.2 Å². The van der Waals surface area contributed by atoms with Crippen LogP contribution in [-0.4, -0.2) is 22.1 Å². The van der Waals surface area contributed by atoms with Crippen LogP contribution in [0.4, 0.5) is 5.69 Å². The molecule has 1 N–H and O–H groups in total. The van der Waals surface area contributed by atoms with Crippen molar-refractivity contribution >= 4 is 22.5 Å². The maximum absolute atomic E-state index is 12.6. The lowest BCUT2D eigenvalue weighted by molar-refractivity contribution is -0.116. The quantitative estimate of drug-likeness (QED) is 0.695. The molecule has 0 aliphatic rings. The first-order chi connectivity index (χ1) is 13.1. The van der Waals surface area contributed by atoms with E-state index < -0.39 is 0 Å². The number of carbonyl (C=O) groups is 1. The third-order valence-electron chi connectivity index (χ3n) is 4.23. The number of carbonyl (C=O) groups excluding carboxylic acids is 1. The van der Waals surface area contributed by atoms with Gasteiger partial charge in [-0.2, -0.15) is 0 Å². The van der Waals surface area contributed by atoms with Crippen LogP contribution in [0.5, 0.6) is 5.75 Å². The number of ether oxygens (including phenoxy) is 1. The van der Waals surface area contributed by atoms with Crippen LogP contribution in [0.3, 0.4) is 0 Å². The summed E-state index contributed by atoms with van der Waals surface area (Å²) in [4.78, 5) is 29.2. The van der Waals surface area contributed by atoms with Gasteiger partial charge in [-0.15, -0.1) is 0 Å². The minimum atomic E-state index is -0.168. The summed E-state index contributed by atoms with van der Waals surface area (Å²) in [6, 6.07) is 12.8. The van der Waals surface area contributed by atoms with E-state index in [1.807, 2.05) is 44.2 Å². The summed E-state index contributed by atoms with van der Waals surface area (Å²) in [6.45, 7) is 4.86. The molecule has 1 amide bonds. The number of hydrogen-bond acceptors (Lipinski definition) is 4. The molecule has 140 valence electrons. The van der Waals surface area contributed by atoms with Gasteiger partial charge in [0, 0.05) is 24.7 Å². The summed E-state index contributed by atoms with van der Waals surface area (Å²) in [5.41, 5.74) is 2.20. The SMILES string of the molecule is CCCOc1cccc(NC(=O)CCn2cnc3c(C)cccc3c2=O)c1. The van der Waals surface area contributed by atoms with Gasteiger partial charge in [-0.05, 0) is 37.1 Å². The number of amides is 1. The van der Waals surface area contributed by atoms with Crippen molar-refractivity contribution in [2.75, 3.05) is 11.9 Å². The van der Waals surface area contributed by atoms with Gasteiger partial charge in [0.15, 0.2) is 0 Å². The van der Waals surface area contributed by atoms with Crippen LogP contribution < -0.4 is 15.6 Å². The van der Waals surface area contributed by atoms with Crippen LogP contribution in [0, 0.1) is 6.92 Å². The van der Waals surface area contributed by atoms with Gasteiger partial charge in [0.05, 0.1) is 23.8 Å². The second kappa shape index (κ2) is 8.49. The monoisotopic (exact) mass is 365 g/mol. The topological polar surface area (TPSA) is 73.2 Å². The molecule has 0 fully saturated rings. The standard InChI is InChI=1S/C21H23N3O3/c1-3-12-27-17-8-5-7-16(13-17)23-19(25)10-11-24-14-22-20-15(2)6-4-9-18(20)21(24)26/h4-9,13-14H,3,10-12H2,1-2H3,(H,23,25). The largest absolute Gasteiger partial charge is 0.494 e. The van der Waals surface area contributed by atoms with Crippen LogP contribution in [0.25, 0.3) is 10.9 Å². The van der Waals surface area contributed by atoms with E-state index in [1.54, 1.807) is 12.1 Å². The number of nitrogens with one attached hydrogen (secondary N) is 1. The Balaban J connectivity index is 1.65. The number of aryl methyl sites for hydroxylation is 2. The van der Waals surface area contributed by atoms with E-state index in [4.69, 9.17) is 4.74 Å². The third-order valence-corrected chi connectivity index (χ3v) is 4.23. The molecule has 0 spiro atoms. The molecule has 0 bridgehead atoms. The maximum Gasteiger partial charge on any atom is 0.261 e. The Morgan fingerprint density at radius 2 is 2.04 bits per heavy atom. The Morgan fingerprint density at radius 1 is 1.22 bits per heavy atom. The smallest absolute Gasteiger partial charge is 0.261 e. The molecule has 0 aliphatic heterocycles. The minimum Gasteiger partial charge on any atom is -0.494 e. The number of fused-ring (bicyclic) bond motifs is 1. The van der Waals surface area contributed by atoms with Crippen molar-refractivity contribution in [1.29, 1.82) is 0 Å². The zero-order valence-corrected chi connectivity index (χ0v) is 15.6. The molecule has 3 rings (SSSR count). The van der Waals surface area contributed by atoms with Crippen molar-refractivity contribution in [3.63, 3.8) is 0 Å². The fourth-order valence-electron chi connectivity index (χ4n) is 2.83. The van der Waals surface area contributed by atoms with Crippen molar-refractivity contribution < 1.29 is 9.53 Å². The number of benzene rings is 2. The number of nitrogens with zero attached hydrogens (tertiary/aromatic N) is 2. The zero-order valence-electron chi connectivity index (χ0n) is 15.6. The maximum atomic E-state index is 12.6. The molecular formula is C21H23N3O3. The lowest BCUT2D eigenvalue weighted by Crippen LogP contribution is -2.23. The highest BCUT2D eigenvalue weighted by Gasteiger charge is 2.08. The van der Waals surface area contributed by atoms with Crippen molar-refractivity contribution in [2.45, 2.75) is 33.2 Å². The van der Waals surface area contributed by atoms with Crippen LogP contribution in [0.15, 0.2) is 53.6 Å². The average molecular weight is 365 g/mol. The van der Waals surface area contributed by atoms with Gasteiger partial charge in [-0.1, -0.05) is 25.1 Å². The van der Waals surface area contributed by atoms with Gasteiger partial charge in [0.2, 0.25) is 5.91 Å². The van der Waals surface area contributed by atoms with E-state index in [9.17, 15) is 9.59 Å². The van der Waals surface area contributed by atoms with Gasteiger partial charge in [0.1, 0.15) is 5.75 Å². The molecule has 2 aromatic carbocycles. The van der Waals surface area contributed by atoms with Crippen molar-refractivity contribution in [1.82, 2.24) is 9.55 Å². The second-order valence-electron chi connectivity index (χ2n) is 6.39. The molecule has 0 atom stereocenters. The first-order valence-corrected chi connectivity index (χ1v) is 9.06. The highest BCUT2D eigenvalue weighted by atomic mass is 16.5. The molecule has 0 saturated carbocycles. The summed E-state index contributed by atoms with van der Waals surface area (Å²) >= 11 is 0. The molecule has 1 heterocycles. The van der Waals surface area contributed by atoms with E-state index >= 15 is 0 Å². The minimum absolute atomic E-state index is 0.133. The van der Waals surface area contributed by atoms with Crippen molar-refractivity contribution in [3.05, 3.63) is 64.7 Å². The van der Waals surface area contributed by atoms with Gasteiger partial charge in [-0.25, -0.2) is 4.98 Å². The number of anilines is 1. The normalized spacial score (nSPS) is 10.7. The predicted molar refractivity (Wildman–Crippen MR) is 106 cm³/mol. The molecular weight excluding hydrogens is 342 g/mol. The lowest BCUT2D eigenvalue weighted by Gasteiger charge is -2.10. The summed E-state index contributed by atoms with van der Waals surface area (Å²) in [5, 5.41) is 3.41. The number of aromatic nitrogens is 2. The highest BCUT2D eigenvalue weighted by Crippen LogP contribution is 2.18. The molecule has 6 nitrogen and oxygen atoms in total. The van der Waals surface area contributed by atoms with E-state index in [1.165, 1.54) is 10.9 Å². The number of para-hydroxylation sites is 1. The van der Waals surface area contributed by atoms with Gasteiger partial charge < -0.3 is 10.1 Å². The van der Waals surface area contributed by atoms with E-state index in [2.05, 4.69) is 10.3 Å². The Kier molecular flexibility index (Phi) is 5.86. The van der Waals surface area contributed by atoms with Gasteiger partial charge in [0.25, 0.3) is 5.56 Å². The molecule has 1 aromatic heterocycles. The Bertz CT molecular complexity index is 1010. The van der Waals surface area contributed by atoms with E-state index in [0.717, 1.165) is 17.7 Å². The number of hydrogen-bond donors (Lipinski definition) is 1. The molecule has 3 aromatic rings. The van der Waals surface area contributed by atoms with Crippen LogP contribution in [0.1, 0.15) is 25.3 Å². The summed E-state index contributed by atoms with van der Waals surface area (Å²) in [5.74, 6) is 0.554. The Labute approximate surface area is 157 Å². The Hall–Kier alpha value is -3.15. The van der Waals surface area contributed by atoms with Crippen molar-refractivity contribution in [2.24, 2.45) is 0 Å². The highest BCUT2D eigenvalue weighted by molar-refractivity contribution is 5.90. The fourth-order valence-corrected chi connectivity index (χ4v) is 2.83. The molecule has 0 radical (unpaired) electrons. The number of rotatable bonds is 7. The summed E-state index contributed by atoms with van der Waals surface area (Å²) in [7, 11) is 0. The fraction of sp³-hybridized carbons (Fsp3) is 0.286. The molecule has 27 heavy (non-hydrogen) atoms. The average Bonchev–Trinajstić information content (AvgIpc) is 2.67. The molecule has 6 heteroatoms. The lowest BCUT2D eigenvalue weighted by atomic mass is 10.1. The second-order valence-corrected chi connectivity index (χ2v) is 6.39. The van der Waals surface area contributed by atoms with Crippen LogP contribution in [0.2, 0.25) is 0 Å². The first kappa shape index (κ1) is 18.6. The molecule has 0 aliphatic carbocycles. The Morgan fingerprint density at radius 3 is 2.85 bits per heavy atom. The first-order valence-electron chi connectivity index (χ1n) is 9.06.